The maximum Gasteiger partial charge on any atom is 0.499 e. The summed E-state index contributed by atoms with van der Waals surface area (Å²) in [6.45, 7) is 31.3. The normalized spacial score (nSPS) is 17.2. The van der Waals surface area contributed by atoms with Gasteiger partial charge in [0, 0.05) is 47.3 Å². The fourth-order valence-corrected chi connectivity index (χ4v) is 10.3. The quantitative estimate of drug-likeness (QED) is 0.290. The van der Waals surface area contributed by atoms with Crippen molar-refractivity contribution < 1.29 is 4.80 Å². The zero-order valence-electron chi connectivity index (χ0n) is 29.9. The second-order valence-electron chi connectivity index (χ2n) is 15.8. The summed E-state index contributed by atoms with van der Waals surface area (Å²) in [5.74, 6) is 1.36. The highest BCUT2D eigenvalue weighted by Crippen LogP contribution is 2.43. The first kappa shape index (κ1) is 34.2. The number of hydrogen-bond donors (Lipinski definition) is 2. The Balaban J connectivity index is 2.01. The minimum atomic E-state index is -3.53. The molecule has 0 spiro atoms. The SMILES string of the molecule is CC(C)c1cccc(C(C)C)c1N1C=CN(c2c(C(C)C)cccc2C(C)C)B1N[Si]1(O)N(C(C)(C)C)C=CN1C(C)(C)C. The second-order valence-corrected chi connectivity index (χ2v) is 18.4. The maximum atomic E-state index is 13.1. The van der Waals surface area contributed by atoms with Gasteiger partial charge in [-0.25, -0.2) is 0 Å². The van der Waals surface area contributed by atoms with Gasteiger partial charge in [-0.3, -0.25) is 4.89 Å². The van der Waals surface area contributed by atoms with E-state index in [0.29, 0.717) is 23.7 Å². The van der Waals surface area contributed by atoms with Crippen molar-refractivity contribution in [2.45, 2.75) is 132 Å². The molecule has 2 aliphatic rings. The van der Waals surface area contributed by atoms with E-state index in [1.807, 2.05) is 0 Å². The molecule has 6 nitrogen and oxygen atoms in total. The number of nitrogens with zero attached hydrogens (tertiary/aromatic N) is 4. The second kappa shape index (κ2) is 12.3. The van der Waals surface area contributed by atoms with E-state index >= 15 is 0 Å². The molecule has 8 heteroatoms. The first-order chi connectivity index (χ1) is 20.3. The molecule has 2 heterocycles. The largest absolute Gasteiger partial charge is 0.499 e. The van der Waals surface area contributed by atoms with Crippen LogP contribution in [0.3, 0.4) is 0 Å². The maximum absolute atomic E-state index is 13.1. The summed E-state index contributed by atoms with van der Waals surface area (Å²) in [4.78, 5) is 21.9. The smallest absolute Gasteiger partial charge is 0.388 e. The summed E-state index contributed by atoms with van der Waals surface area (Å²) >= 11 is 0. The predicted molar refractivity (Wildman–Crippen MR) is 193 cm³/mol. The summed E-state index contributed by atoms with van der Waals surface area (Å²) in [5, 5.41) is 0. The lowest BCUT2D eigenvalue weighted by atomic mass is 9.82. The third-order valence-corrected chi connectivity index (χ3v) is 12.5. The summed E-state index contributed by atoms with van der Waals surface area (Å²) in [6.07, 6.45) is 8.64. The lowest BCUT2D eigenvalue weighted by molar-refractivity contribution is 0.197. The summed E-state index contributed by atoms with van der Waals surface area (Å²) in [7, 11) is -3.88. The number of nitrogens with one attached hydrogen (secondary N) is 1. The zero-order valence-corrected chi connectivity index (χ0v) is 30.9. The van der Waals surface area contributed by atoms with Crippen LogP contribution in [0.4, 0.5) is 11.4 Å². The Kier molecular flexibility index (Phi) is 9.53. The molecular weight excluding hydrogens is 557 g/mol. The molecule has 0 fully saturated rings. The van der Waals surface area contributed by atoms with Crippen LogP contribution in [0.15, 0.2) is 61.2 Å². The zero-order chi connectivity index (χ0) is 32.9. The van der Waals surface area contributed by atoms with Gasteiger partial charge < -0.3 is 23.5 Å². The molecule has 0 saturated carbocycles. The van der Waals surface area contributed by atoms with E-state index in [-0.39, 0.29) is 18.2 Å². The number of para-hydroxylation sites is 2. The van der Waals surface area contributed by atoms with Gasteiger partial charge in [0.25, 0.3) is 0 Å². The summed E-state index contributed by atoms with van der Waals surface area (Å²) in [6, 6.07) is 13.5. The van der Waals surface area contributed by atoms with Crippen molar-refractivity contribution >= 4 is 27.3 Å². The fourth-order valence-electron chi connectivity index (χ4n) is 6.75. The Bertz CT molecular complexity index is 1240. The van der Waals surface area contributed by atoms with Crippen LogP contribution in [-0.4, -0.2) is 40.9 Å². The lowest BCUT2D eigenvalue weighted by Crippen LogP contribution is -2.81. The highest BCUT2D eigenvalue weighted by Gasteiger charge is 2.59. The van der Waals surface area contributed by atoms with E-state index in [4.69, 9.17) is 0 Å². The molecule has 44 heavy (non-hydrogen) atoms. The van der Waals surface area contributed by atoms with Crippen molar-refractivity contribution in [1.29, 1.82) is 0 Å². The van der Waals surface area contributed by atoms with Gasteiger partial charge in [-0.1, -0.05) is 91.8 Å². The molecule has 2 aliphatic heterocycles. The number of rotatable bonds is 8. The minimum Gasteiger partial charge on any atom is -0.388 e. The van der Waals surface area contributed by atoms with Crippen molar-refractivity contribution in [3.8, 4) is 0 Å². The minimum absolute atomic E-state index is 0.288. The third-order valence-electron chi connectivity index (χ3n) is 8.92. The van der Waals surface area contributed by atoms with Crippen LogP contribution in [0, 0.1) is 0 Å². The fraction of sp³-hybridized carbons (Fsp3) is 0.556. The molecule has 0 amide bonds. The molecule has 240 valence electrons. The van der Waals surface area contributed by atoms with Gasteiger partial charge in [0.2, 0.25) is 0 Å². The number of anilines is 2. The van der Waals surface area contributed by atoms with Crippen molar-refractivity contribution in [1.82, 2.24) is 14.0 Å². The van der Waals surface area contributed by atoms with Crippen LogP contribution in [0.1, 0.15) is 143 Å². The lowest BCUT2D eigenvalue weighted by Gasteiger charge is -2.50. The van der Waals surface area contributed by atoms with Gasteiger partial charge in [0.05, 0.1) is 0 Å². The first-order valence-electron chi connectivity index (χ1n) is 16.6. The van der Waals surface area contributed by atoms with Crippen LogP contribution < -0.4 is 14.5 Å². The first-order valence-corrected chi connectivity index (χ1v) is 18.4. The standard InChI is InChI=1S/C36H58BN5OSi/c1-25(2)29-17-15-18-30(26(3)4)33(29)39-21-22-40(34-31(27(5)6)19-16-20-32(34)28(7)8)37(39)38-44(43)41(35(9,10)11)23-24-42(44)36(12,13)14/h15-28,38,43H,1-14H3. The molecule has 4 rings (SSSR count). The summed E-state index contributed by atoms with van der Waals surface area (Å²) < 4.78 is 4.38. The van der Waals surface area contributed by atoms with Crippen LogP contribution in [0.5, 0.6) is 0 Å². The average molecular weight is 616 g/mol. The van der Waals surface area contributed by atoms with Crippen molar-refractivity contribution in [2.75, 3.05) is 9.62 Å². The van der Waals surface area contributed by atoms with E-state index in [2.05, 4.69) is 182 Å². The molecule has 0 aromatic heterocycles. The molecule has 0 aliphatic carbocycles. The van der Waals surface area contributed by atoms with Gasteiger partial charge in [-0.05, 0) is 87.5 Å². The van der Waals surface area contributed by atoms with Gasteiger partial charge in [0.1, 0.15) is 0 Å². The highest BCUT2D eigenvalue weighted by molar-refractivity contribution is 6.82. The Morgan fingerprint density at radius 1 is 0.568 bits per heavy atom. The highest BCUT2D eigenvalue weighted by atomic mass is 28.4. The van der Waals surface area contributed by atoms with Gasteiger partial charge in [0.15, 0.2) is 0 Å². The Labute approximate surface area is 270 Å². The van der Waals surface area contributed by atoms with Crippen LogP contribution in [0.2, 0.25) is 0 Å². The number of hydrogen-bond acceptors (Lipinski definition) is 6. The van der Waals surface area contributed by atoms with E-state index in [1.54, 1.807) is 0 Å². The van der Waals surface area contributed by atoms with E-state index in [1.165, 1.54) is 33.6 Å². The Morgan fingerprint density at radius 3 is 1.11 bits per heavy atom. The molecular formula is C36H58BN5OSi. The van der Waals surface area contributed by atoms with Crippen LogP contribution >= 0.6 is 0 Å². The van der Waals surface area contributed by atoms with Crippen molar-refractivity contribution in [3.63, 3.8) is 0 Å². The van der Waals surface area contributed by atoms with E-state index in [9.17, 15) is 4.80 Å². The molecule has 0 radical (unpaired) electrons. The summed E-state index contributed by atoms with van der Waals surface area (Å²) in [5.41, 5.74) is 7.14. The van der Waals surface area contributed by atoms with Crippen LogP contribution in [-0.2, 0) is 0 Å². The van der Waals surface area contributed by atoms with Crippen molar-refractivity contribution in [3.05, 3.63) is 83.5 Å². The number of benzene rings is 2. The molecule has 0 saturated heterocycles. The van der Waals surface area contributed by atoms with E-state index in [0.717, 1.165) is 0 Å². The molecule has 0 bridgehead atoms. The monoisotopic (exact) mass is 615 g/mol. The Hall–Kier alpha value is -2.68. The van der Waals surface area contributed by atoms with Crippen LogP contribution in [0.25, 0.3) is 0 Å². The van der Waals surface area contributed by atoms with Gasteiger partial charge >= 0.3 is 15.9 Å². The predicted octanol–water partition coefficient (Wildman–Crippen LogP) is 8.67. The molecule has 2 aromatic carbocycles. The molecule has 2 aromatic rings. The molecule has 2 N–H and O–H groups in total. The average Bonchev–Trinajstić information content (AvgIpc) is 3.47. The van der Waals surface area contributed by atoms with E-state index < -0.39 is 8.80 Å². The topological polar surface area (TPSA) is 45.2 Å². The van der Waals surface area contributed by atoms with Crippen molar-refractivity contribution in [2.24, 2.45) is 0 Å². The third kappa shape index (κ3) is 6.22. The molecule has 0 atom stereocenters. The van der Waals surface area contributed by atoms with Gasteiger partial charge in [-0.2, -0.15) is 0 Å². The van der Waals surface area contributed by atoms with Gasteiger partial charge in [-0.15, -0.1) is 0 Å². The Morgan fingerprint density at radius 2 is 0.864 bits per heavy atom. The molecule has 0 unspecified atom stereocenters.